The summed E-state index contributed by atoms with van der Waals surface area (Å²) in [6, 6.07) is 1.93. The van der Waals surface area contributed by atoms with E-state index in [0.29, 0.717) is 0 Å². The van der Waals surface area contributed by atoms with Crippen molar-refractivity contribution in [3.05, 3.63) is 28.3 Å². The minimum atomic E-state index is -3.26. The number of hydrogen-bond donors (Lipinski definition) is 0. The van der Waals surface area contributed by atoms with Crippen molar-refractivity contribution < 1.29 is 27.1 Å². The van der Waals surface area contributed by atoms with Crippen LogP contribution in [-0.2, 0) is 0 Å². The third kappa shape index (κ3) is 3.09. The van der Waals surface area contributed by atoms with Crippen LogP contribution in [-0.4, -0.2) is 12.4 Å². The third-order valence-electron chi connectivity index (χ3n) is 1.94. The molecular formula is C10H7ClF4O2. The van der Waals surface area contributed by atoms with Crippen molar-refractivity contribution in [2.75, 3.05) is 0 Å². The summed E-state index contributed by atoms with van der Waals surface area (Å²) in [5.74, 6) is -1.49. The first kappa shape index (κ1) is 13.8. The third-order valence-corrected chi connectivity index (χ3v) is 2.26. The second-order valence-corrected chi connectivity index (χ2v) is 3.48. The first-order chi connectivity index (χ1) is 7.84. The van der Waals surface area contributed by atoms with Crippen LogP contribution in [0.1, 0.15) is 29.3 Å². The Hall–Kier alpha value is -1.30. The van der Waals surface area contributed by atoms with Gasteiger partial charge >= 0.3 is 6.61 Å². The monoisotopic (exact) mass is 270 g/mol. The van der Waals surface area contributed by atoms with E-state index >= 15 is 0 Å². The summed E-state index contributed by atoms with van der Waals surface area (Å²) in [5.41, 5.74) is -1.41. The van der Waals surface area contributed by atoms with Crippen LogP contribution in [0.25, 0.3) is 0 Å². The lowest BCUT2D eigenvalue weighted by molar-refractivity contribution is -0.0520. The fourth-order valence-corrected chi connectivity index (χ4v) is 1.64. The van der Waals surface area contributed by atoms with Gasteiger partial charge in [0.2, 0.25) is 0 Å². The molecule has 7 heteroatoms. The second kappa shape index (κ2) is 5.35. The van der Waals surface area contributed by atoms with E-state index in [9.17, 15) is 22.4 Å². The van der Waals surface area contributed by atoms with E-state index in [0.717, 1.165) is 19.1 Å². The molecule has 94 valence electrons. The average molecular weight is 271 g/mol. The van der Waals surface area contributed by atoms with E-state index in [2.05, 4.69) is 4.74 Å². The van der Waals surface area contributed by atoms with Gasteiger partial charge in [0.15, 0.2) is 5.78 Å². The summed E-state index contributed by atoms with van der Waals surface area (Å²) in [4.78, 5) is 11.2. The Morgan fingerprint density at radius 3 is 2.29 bits per heavy atom. The van der Waals surface area contributed by atoms with E-state index in [1.54, 1.807) is 0 Å². The Bertz CT molecular complexity index is 435. The highest BCUT2D eigenvalue weighted by molar-refractivity contribution is 6.34. The number of ketones is 1. The molecule has 17 heavy (non-hydrogen) atoms. The summed E-state index contributed by atoms with van der Waals surface area (Å²) in [6.07, 6.45) is -3.14. The topological polar surface area (TPSA) is 26.3 Å². The fraction of sp³-hybridized carbons (Fsp3) is 0.300. The van der Waals surface area contributed by atoms with Crippen LogP contribution in [0.2, 0.25) is 5.02 Å². The number of benzene rings is 1. The number of halogens is 5. The number of hydrogen-bond acceptors (Lipinski definition) is 2. The number of rotatable bonds is 4. The molecule has 0 fully saturated rings. The number of alkyl halides is 4. The quantitative estimate of drug-likeness (QED) is 0.609. The highest BCUT2D eigenvalue weighted by Crippen LogP contribution is 2.37. The lowest BCUT2D eigenvalue weighted by atomic mass is 10.0. The molecule has 0 aliphatic rings. The van der Waals surface area contributed by atoms with Crippen LogP contribution in [0.4, 0.5) is 17.6 Å². The summed E-state index contributed by atoms with van der Waals surface area (Å²) in [6.45, 7) is -2.24. The Morgan fingerprint density at radius 2 is 1.88 bits per heavy atom. The normalized spacial score (nSPS) is 11.1. The zero-order chi connectivity index (χ0) is 13.2. The molecule has 1 aromatic rings. The van der Waals surface area contributed by atoms with E-state index < -0.39 is 35.7 Å². The maximum atomic E-state index is 12.7. The van der Waals surface area contributed by atoms with Gasteiger partial charge in [0.1, 0.15) is 5.75 Å². The minimum absolute atomic E-state index is 0.227. The van der Waals surface area contributed by atoms with Gasteiger partial charge in [-0.2, -0.15) is 8.78 Å². The molecule has 0 saturated carbocycles. The molecule has 0 aliphatic carbocycles. The van der Waals surface area contributed by atoms with Crippen molar-refractivity contribution >= 4 is 17.4 Å². The standard InChI is InChI=1S/C10H7ClF4O2/c1-4(16)7-5(11)2-3-6(17-10(14)15)8(7)9(12)13/h2-3,9-10H,1H3. The molecule has 0 radical (unpaired) electrons. The maximum Gasteiger partial charge on any atom is 0.387 e. The molecule has 0 bridgehead atoms. The van der Waals surface area contributed by atoms with Crippen molar-refractivity contribution in [2.45, 2.75) is 20.0 Å². The maximum absolute atomic E-state index is 12.7. The molecular weight excluding hydrogens is 264 g/mol. The molecule has 0 saturated heterocycles. The first-order valence-corrected chi connectivity index (χ1v) is 4.78. The van der Waals surface area contributed by atoms with Crippen LogP contribution in [0, 0.1) is 0 Å². The van der Waals surface area contributed by atoms with Crippen molar-refractivity contribution in [3.63, 3.8) is 0 Å². The van der Waals surface area contributed by atoms with Gasteiger partial charge in [-0.05, 0) is 19.1 Å². The number of carbonyl (C=O) groups is 1. The second-order valence-electron chi connectivity index (χ2n) is 3.07. The molecule has 2 nitrogen and oxygen atoms in total. The van der Waals surface area contributed by atoms with Crippen molar-refractivity contribution in [2.24, 2.45) is 0 Å². The molecule has 0 spiro atoms. The molecule has 0 N–H and O–H groups in total. The van der Waals surface area contributed by atoms with Gasteiger partial charge < -0.3 is 4.74 Å². The van der Waals surface area contributed by atoms with E-state index in [-0.39, 0.29) is 5.02 Å². The molecule has 1 rings (SSSR count). The highest BCUT2D eigenvalue weighted by atomic mass is 35.5. The molecule has 1 aromatic carbocycles. The Balaban J connectivity index is 3.42. The summed E-state index contributed by atoms with van der Waals surface area (Å²) >= 11 is 5.58. The number of Topliss-reactive ketones (excluding diaryl/α,β-unsaturated/α-hetero) is 1. The lowest BCUT2D eigenvalue weighted by Crippen LogP contribution is -2.09. The van der Waals surface area contributed by atoms with E-state index in [4.69, 9.17) is 11.6 Å². The average Bonchev–Trinajstić information content (AvgIpc) is 2.18. The molecule has 0 aromatic heterocycles. The van der Waals surface area contributed by atoms with Crippen LogP contribution in [0.3, 0.4) is 0 Å². The fourth-order valence-electron chi connectivity index (χ4n) is 1.35. The predicted octanol–water partition coefficient (Wildman–Crippen LogP) is 4.08. The smallest absolute Gasteiger partial charge is 0.387 e. The lowest BCUT2D eigenvalue weighted by Gasteiger charge is -2.14. The van der Waals surface area contributed by atoms with Crippen LogP contribution in [0.5, 0.6) is 5.75 Å². The van der Waals surface area contributed by atoms with Gasteiger partial charge in [-0.1, -0.05) is 11.6 Å². The molecule has 0 atom stereocenters. The van der Waals surface area contributed by atoms with Crippen molar-refractivity contribution in [3.8, 4) is 5.75 Å². The van der Waals surface area contributed by atoms with Gasteiger partial charge in [0, 0.05) is 5.56 Å². The molecule has 0 aliphatic heterocycles. The van der Waals surface area contributed by atoms with Gasteiger partial charge in [-0.15, -0.1) is 0 Å². The first-order valence-electron chi connectivity index (χ1n) is 4.41. The van der Waals surface area contributed by atoms with Crippen molar-refractivity contribution in [1.82, 2.24) is 0 Å². The van der Waals surface area contributed by atoms with E-state index in [1.165, 1.54) is 0 Å². The largest absolute Gasteiger partial charge is 0.434 e. The van der Waals surface area contributed by atoms with Crippen LogP contribution in [0.15, 0.2) is 12.1 Å². The zero-order valence-electron chi connectivity index (χ0n) is 8.52. The molecule has 0 amide bonds. The van der Waals surface area contributed by atoms with Crippen LogP contribution < -0.4 is 4.74 Å². The highest BCUT2D eigenvalue weighted by Gasteiger charge is 2.25. The molecule has 0 unspecified atom stereocenters. The van der Waals surface area contributed by atoms with Gasteiger partial charge in [-0.25, -0.2) is 8.78 Å². The Morgan fingerprint density at radius 1 is 1.29 bits per heavy atom. The van der Waals surface area contributed by atoms with E-state index in [1.807, 2.05) is 0 Å². The zero-order valence-corrected chi connectivity index (χ0v) is 9.27. The van der Waals surface area contributed by atoms with Gasteiger partial charge in [-0.3, -0.25) is 4.79 Å². The SMILES string of the molecule is CC(=O)c1c(Cl)ccc(OC(F)F)c1C(F)F. The summed E-state index contributed by atoms with van der Waals surface area (Å²) in [7, 11) is 0. The minimum Gasteiger partial charge on any atom is -0.434 e. The Kier molecular flexibility index (Phi) is 4.34. The number of carbonyl (C=O) groups excluding carboxylic acids is 1. The number of ether oxygens (including phenoxy) is 1. The van der Waals surface area contributed by atoms with Gasteiger partial charge in [0.05, 0.1) is 10.6 Å². The molecule has 0 heterocycles. The van der Waals surface area contributed by atoms with Gasteiger partial charge in [0.25, 0.3) is 6.43 Å². The predicted molar refractivity (Wildman–Crippen MR) is 53.0 cm³/mol. The summed E-state index contributed by atoms with van der Waals surface area (Å²) < 4.78 is 53.4. The summed E-state index contributed by atoms with van der Waals surface area (Å²) in [5, 5.41) is -0.227. The van der Waals surface area contributed by atoms with Crippen molar-refractivity contribution in [1.29, 1.82) is 0 Å². The Labute approximate surface area is 99.1 Å². The van der Waals surface area contributed by atoms with Crippen LogP contribution >= 0.6 is 11.6 Å².